The number of halogens is 1. The van der Waals surface area contributed by atoms with Crippen molar-refractivity contribution in [3.8, 4) is 0 Å². The molecule has 21 heavy (non-hydrogen) atoms. The Hall–Kier alpha value is -0.0800. The molecule has 2 N–H and O–H groups in total. The Balaban J connectivity index is 0. The molecule has 0 fully saturated rings. The SMILES string of the molecule is CCCCCCCCCCCCCC(=O)C(C)(C)CN.Cl. The average molecular weight is 320 g/mol. The number of nitrogens with two attached hydrogens (primary N) is 1. The molecule has 0 saturated heterocycles. The van der Waals surface area contributed by atoms with E-state index >= 15 is 0 Å². The minimum absolute atomic E-state index is 0. The predicted molar refractivity (Wildman–Crippen MR) is 96.2 cm³/mol. The summed E-state index contributed by atoms with van der Waals surface area (Å²) in [5, 5.41) is 0. The predicted octanol–water partition coefficient (Wildman–Crippen LogP) is 5.66. The van der Waals surface area contributed by atoms with Gasteiger partial charge in [0.25, 0.3) is 0 Å². The van der Waals surface area contributed by atoms with Crippen molar-refractivity contribution in [2.45, 2.75) is 97.8 Å². The van der Waals surface area contributed by atoms with Crippen LogP contribution in [0.2, 0.25) is 0 Å². The second-order valence-electron chi connectivity index (χ2n) is 6.80. The van der Waals surface area contributed by atoms with Crippen LogP contribution in [0.5, 0.6) is 0 Å². The Bertz CT molecular complexity index is 241. The summed E-state index contributed by atoms with van der Waals surface area (Å²) in [5.74, 6) is 0.330. The largest absolute Gasteiger partial charge is 0.329 e. The lowest BCUT2D eigenvalue weighted by Gasteiger charge is -2.20. The summed E-state index contributed by atoms with van der Waals surface area (Å²) < 4.78 is 0. The van der Waals surface area contributed by atoms with Gasteiger partial charge in [0.1, 0.15) is 5.78 Å². The van der Waals surface area contributed by atoms with Crippen molar-refractivity contribution in [2.24, 2.45) is 11.1 Å². The van der Waals surface area contributed by atoms with E-state index < -0.39 is 0 Å². The normalized spacial score (nSPS) is 11.2. The number of ketones is 1. The molecule has 0 spiro atoms. The van der Waals surface area contributed by atoms with E-state index in [4.69, 9.17) is 5.73 Å². The highest BCUT2D eigenvalue weighted by Crippen LogP contribution is 2.19. The molecule has 0 radical (unpaired) electrons. The monoisotopic (exact) mass is 319 g/mol. The van der Waals surface area contributed by atoms with E-state index in [1.807, 2.05) is 13.8 Å². The van der Waals surface area contributed by atoms with E-state index in [2.05, 4.69) is 6.92 Å². The van der Waals surface area contributed by atoms with Crippen LogP contribution < -0.4 is 5.73 Å². The van der Waals surface area contributed by atoms with Gasteiger partial charge in [-0.3, -0.25) is 4.79 Å². The first-order valence-corrected chi connectivity index (χ1v) is 8.78. The standard InChI is InChI=1S/C18H37NO.ClH/c1-4-5-6-7-8-9-10-11-12-13-14-15-17(20)18(2,3)16-19;/h4-16,19H2,1-3H3;1H. The molecule has 2 nitrogen and oxygen atoms in total. The molecule has 0 rings (SSSR count). The van der Waals surface area contributed by atoms with Crippen molar-refractivity contribution in [1.82, 2.24) is 0 Å². The van der Waals surface area contributed by atoms with Gasteiger partial charge in [0.2, 0.25) is 0 Å². The lowest BCUT2D eigenvalue weighted by atomic mass is 9.85. The van der Waals surface area contributed by atoms with E-state index in [9.17, 15) is 4.79 Å². The van der Waals surface area contributed by atoms with Crippen LogP contribution in [0.1, 0.15) is 97.8 Å². The quantitative estimate of drug-likeness (QED) is 0.419. The Morgan fingerprint density at radius 2 is 1.19 bits per heavy atom. The first kappa shape index (κ1) is 23.2. The molecule has 0 unspecified atom stereocenters. The number of hydrogen-bond donors (Lipinski definition) is 1. The van der Waals surface area contributed by atoms with Gasteiger partial charge in [0.15, 0.2) is 0 Å². The lowest BCUT2D eigenvalue weighted by molar-refractivity contribution is -0.126. The van der Waals surface area contributed by atoms with Crippen molar-refractivity contribution < 1.29 is 4.79 Å². The Labute approximate surface area is 139 Å². The van der Waals surface area contributed by atoms with Crippen molar-refractivity contribution in [1.29, 1.82) is 0 Å². The molecule has 0 aliphatic heterocycles. The third-order valence-electron chi connectivity index (χ3n) is 4.27. The fourth-order valence-electron chi connectivity index (χ4n) is 2.40. The highest BCUT2D eigenvalue weighted by atomic mass is 35.5. The maximum atomic E-state index is 11.9. The van der Waals surface area contributed by atoms with E-state index in [0.717, 1.165) is 6.42 Å². The average Bonchev–Trinajstić information content (AvgIpc) is 2.44. The number of Topliss-reactive ketones (excluding diaryl/α,β-unsaturated/α-hetero) is 1. The van der Waals surface area contributed by atoms with Crippen molar-refractivity contribution in [3.63, 3.8) is 0 Å². The Kier molecular flexibility index (Phi) is 16.4. The summed E-state index contributed by atoms with van der Waals surface area (Å²) in [7, 11) is 0. The van der Waals surface area contributed by atoms with Crippen LogP contribution >= 0.6 is 12.4 Å². The van der Waals surface area contributed by atoms with E-state index in [0.29, 0.717) is 18.7 Å². The van der Waals surface area contributed by atoms with Crippen LogP contribution in [0, 0.1) is 5.41 Å². The third-order valence-corrected chi connectivity index (χ3v) is 4.27. The summed E-state index contributed by atoms with van der Waals surface area (Å²) in [6.07, 6.45) is 15.3. The Morgan fingerprint density at radius 1 is 0.810 bits per heavy atom. The summed E-state index contributed by atoms with van der Waals surface area (Å²) in [5.41, 5.74) is 5.29. The molecule has 0 heterocycles. The van der Waals surface area contributed by atoms with Crippen LogP contribution in [-0.4, -0.2) is 12.3 Å². The van der Waals surface area contributed by atoms with Crippen molar-refractivity contribution in [2.75, 3.05) is 6.54 Å². The van der Waals surface area contributed by atoms with E-state index in [1.54, 1.807) is 0 Å². The number of carbonyl (C=O) groups is 1. The maximum absolute atomic E-state index is 11.9. The van der Waals surface area contributed by atoms with E-state index in [1.165, 1.54) is 64.2 Å². The van der Waals surface area contributed by atoms with Gasteiger partial charge in [0, 0.05) is 18.4 Å². The second-order valence-corrected chi connectivity index (χ2v) is 6.80. The summed E-state index contributed by atoms with van der Waals surface area (Å²) >= 11 is 0. The minimum Gasteiger partial charge on any atom is -0.329 e. The van der Waals surface area contributed by atoms with Gasteiger partial charge in [0.05, 0.1) is 0 Å². The summed E-state index contributed by atoms with van der Waals surface area (Å²) in [6, 6.07) is 0. The van der Waals surface area contributed by atoms with Crippen LogP contribution in [0.3, 0.4) is 0 Å². The van der Waals surface area contributed by atoms with Crippen LogP contribution in [0.15, 0.2) is 0 Å². The molecule has 128 valence electrons. The highest BCUT2D eigenvalue weighted by molar-refractivity contribution is 5.85. The molecule has 0 bridgehead atoms. The molecule has 0 saturated carbocycles. The van der Waals surface area contributed by atoms with Crippen molar-refractivity contribution >= 4 is 18.2 Å². The highest BCUT2D eigenvalue weighted by Gasteiger charge is 2.24. The topological polar surface area (TPSA) is 43.1 Å². The van der Waals surface area contributed by atoms with Gasteiger partial charge < -0.3 is 5.73 Å². The molecule has 0 aromatic rings. The molecule has 0 atom stereocenters. The molecule has 0 amide bonds. The minimum atomic E-state index is -0.321. The van der Waals surface area contributed by atoms with Crippen LogP contribution in [0.4, 0.5) is 0 Å². The molecule has 0 aliphatic carbocycles. The number of unbranched alkanes of at least 4 members (excludes halogenated alkanes) is 10. The molecule has 0 aromatic heterocycles. The number of carbonyl (C=O) groups excluding carboxylic acids is 1. The molecule has 3 heteroatoms. The van der Waals surface area contributed by atoms with Gasteiger partial charge >= 0.3 is 0 Å². The molecule has 0 aliphatic rings. The summed E-state index contributed by atoms with van der Waals surface area (Å²) in [4.78, 5) is 11.9. The van der Waals surface area contributed by atoms with Gasteiger partial charge in [-0.05, 0) is 6.42 Å². The number of hydrogen-bond acceptors (Lipinski definition) is 2. The zero-order valence-electron chi connectivity index (χ0n) is 14.6. The van der Waals surface area contributed by atoms with Crippen LogP contribution in [-0.2, 0) is 4.79 Å². The van der Waals surface area contributed by atoms with Gasteiger partial charge in [-0.25, -0.2) is 0 Å². The summed E-state index contributed by atoms with van der Waals surface area (Å²) in [6.45, 7) is 6.63. The second kappa shape index (κ2) is 14.8. The zero-order chi connectivity index (χ0) is 15.3. The maximum Gasteiger partial charge on any atom is 0.139 e. The van der Waals surface area contributed by atoms with Gasteiger partial charge in [-0.1, -0.05) is 85.0 Å². The van der Waals surface area contributed by atoms with Gasteiger partial charge in [-0.15, -0.1) is 12.4 Å². The smallest absolute Gasteiger partial charge is 0.139 e. The fraction of sp³-hybridized carbons (Fsp3) is 0.944. The fourth-order valence-corrected chi connectivity index (χ4v) is 2.40. The number of rotatable bonds is 14. The first-order chi connectivity index (χ1) is 9.54. The zero-order valence-corrected chi connectivity index (χ0v) is 15.4. The molecular formula is C18H38ClNO. The molecule has 0 aromatic carbocycles. The lowest BCUT2D eigenvalue weighted by Crippen LogP contribution is -2.32. The van der Waals surface area contributed by atoms with Crippen molar-refractivity contribution in [3.05, 3.63) is 0 Å². The Morgan fingerprint density at radius 3 is 1.57 bits per heavy atom. The first-order valence-electron chi connectivity index (χ1n) is 8.78. The van der Waals surface area contributed by atoms with E-state index in [-0.39, 0.29) is 17.8 Å². The van der Waals surface area contributed by atoms with Gasteiger partial charge in [-0.2, -0.15) is 0 Å². The third kappa shape index (κ3) is 13.3. The van der Waals surface area contributed by atoms with Crippen LogP contribution in [0.25, 0.3) is 0 Å². The molecular weight excluding hydrogens is 282 g/mol.